The Morgan fingerprint density at radius 3 is 2.23 bits per heavy atom. The number of anilines is 2. The highest BCUT2D eigenvalue weighted by molar-refractivity contribution is 6.04. The van der Waals surface area contributed by atoms with Crippen LogP contribution in [0, 0.1) is 0 Å². The third-order valence-electron chi connectivity index (χ3n) is 4.74. The molecule has 0 atom stereocenters. The van der Waals surface area contributed by atoms with E-state index < -0.39 is 0 Å². The molecule has 0 unspecified atom stereocenters. The number of furan rings is 2. The molecule has 154 valence electrons. The number of amides is 4. The van der Waals surface area contributed by atoms with Crippen molar-refractivity contribution in [1.82, 2.24) is 9.80 Å². The summed E-state index contributed by atoms with van der Waals surface area (Å²) in [5.41, 5.74) is 1.51. The zero-order valence-corrected chi connectivity index (χ0v) is 16.0. The van der Waals surface area contributed by atoms with Crippen molar-refractivity contribution >= 4 is 29.2 Å². The molecule has 0 radical (unpaired) electrons. The molecular weight excluding hydrogens is 388 g/mol. The van der Waals surface area contributed by atoms with E-state index in [9.17, 15) is 14.4 Å². The molecule has 1 aliphatic rings. The van der Waals surface area contributed by atoms with E-state index in [1.807, 2.05) is 0 Å². The minimum absolute atomic E-state index is 0.180. The van der Waals surface area contributed by atoms with E-state index in [-0.39, 0.29) is 17.8 Å². The van der Waals surface area contributed by atoms with Gasteiger partial charge in [0.2, 0.25) is 0 Å². The minimum Gasteiger partial charge on any atom is -0.472 e. The van der Waals surface area contributed by atoms with Crippen LogP contribution in [0.15, 0.2) is 70.1 Å². The standard InChI is InChI=1S/C21H20N4O5/c26-19(15-6-12-29-14-15)22-16-3-1-4-17(13-16)23-21(28)25-9-7-24(8-10-25)20(27)18-5-2-11-30-18/h1-6,11-14H,7-10H2,(H,22,26)(H,23,28). The molecular formula is C21H20N4O5. The number of benzene rings is 1. The van der Waals surface area contributed by atoms with Crippen molar-refractivity contribution in [2.75, 3.05) is 36.8 Å². The number of carbonyl (C=O) groups is 3. The molecule has 0 saturated carbocycles. The van der Waals surface area contributed by atoms with Crippen molar-refractivity contribution in [1.29, 1.82) is 0 Å². The van der Waals surface area contributed by atoms with Gasteiger partial charge in [0.1, 0.15) is 6.26 Å². The maximum atomic E-state index is 12.6. The third-order valence-corrected chi connectivity index (χ3v) is 4.74. The summed E-state index contributed by atoms with van der Waals surface area (Å²) in [5, 5.41) is 5.58. The number of piperazine rings is 1. The molecule has 9 heteroatoms. The van der Waals surface area contributed by atoms with Gasteiger partial charge < -0.3 is 29.3 Å². The second-order valence-electron chi connectivity index (χ2n) is 6.73. The fourth-order valence-corrected chi connectivity index (χ4v) is 3.14. The second kappa shape index (κ2) is 8.56. The SMILES string of the molecule is O=C(Nc1cccc(NC(=O)N2CCN(C(=O)c3ccco3)CC2)c1)c1ccoc1. The molecule has 1 saturated heterocycles. The lowest BCUT2D eigenvalue weighted by Crippen LogP contribution is -2.51. The lowest BCUT2D eigenvalue weighted by molar-refractivity contribution is 0.0640. The molecule has 4 amide bonds. The van der Waals surface area contributed by atoms with Crippen molar-refractivity contribution in [3.63, 3.8) is 0 Å². The van der Waals surface area contributed by atoms with Gasteiger partial charge in [-0.15, -0.1) is 0 Å². The van der Waals surface area contributed by atoms with Gasteiger partial charge in [-0.1, -0.05) is 6.07 Å². The molecule has 1 aromatic carbocycles. The molecule has 2 N–H and O–H groups in total. The topological polar surface area (TPSA) is 108 Å². The van der Waals surface area contributed by atoms with Crippen molar-refractivity contribution in [2.24, 2.45) is 0 Å². The van der Waals surface area contributed by atoms with Gasteiger partial charge in [0, 0.05) is 37.6 Å². The van der Waals surface area contributed by atoms with Crippen molar-refractivity contribution in [3.05, 3.63) is 72.6 Å². The van der Waals surface area contributed by atoms with E-state index in [1.165, 1.54) is 18.8 Å². The van der Waals surface area contributed by atoms with E-state index in [0.29, 0.717) is 48.9 Å². The predicted octanol–water partition coefficient (Wildman–Crippen LogP) is 3.11. The van der Waals surface area contributed by atoms with Gasteiger partial charge in [-0.2, -0.15) is 0 Å². The average molecular weight is 408 g/mol. The van der Waals surface area contributed by atoms with E-state index in [2.05, 4.69) is 10.6 Å². The molecule has 3 aromatic rings. The zero-order valence-electron chi connectivity index (χ0n) is 16.0. The summed E-state index contributed by atoms with van der Waals surface area (Å²) in [7, 11) is 0. The van der Waals surface area contributed by atoms with Gasteiger partial charge >= 0.3 is 6.03 Å². The van der Waals surface area contributed by atoms with Gasteiger partial charge in [-0.05, 0) is 36.4 Å². The molecule has 3 heterocycles. The zero-order chi connectivity index (χ0) is 20.9. The maximum absolute atomic E-state index is 12.6. The predicted molar refractivity (Wildman–Crippen MR) is 108 cm³/mol. The maximum Gasteiger partial charge on any atom is 0.321 e. The summed E-state index contributed by atoms with van der Waals surface area (Å²) in [6.07, 6.45) is 4.24. The minimum atomic E-state index is -0.301. The number of nitrogens with one attached hydrogen (secondary N) is 2. The number of nitrogens with zero attached hydrogens (tertiary/aromatic N) is 2. The van der Waals surface area contributed by atoms with Gasteiger partial charge in [0.15, 0.2) is 5.76 Å². The molecule has 0 aliphatic carbocycles. The summed E-state index contributed by atoms with van der Waals surface area (Å²) in [5.74, 6) is -0.187. The summed E-state index contributed by atoms with van der Waals surface area (Å²) in [4.78, 5) is 40.3. The normalized spacial score (nSPS) is 13.7. The van der Waals surface area contributed by atoms with Gasteiger partial charge in [0.05, 0.1) is 18.1 Å². The highest BCUT2D eigenvalue weighted by Gasteiger charge is 2.26. The highest BCUT2D eigenvalue weighted by Crippen LogP contribution is 2.17. The monoisotopic (exact) mass is 408 g/mol. The van der Waals surface area contributed by atoms with Crippen LogP contribution >= 0.6 is 0 Å². The van der Waals surface area contributed by atoms with Crippen LogP contribution in [0.4, 0.5) is 16.2 Å². The van der Waals surface area contributed by atoms with Crippen LogP contribution in [0.25, 0.3) is 0 Å². The molecule has 0 bridgehead atoms. The third kappa shape index (κ3) is 4.35. The second-order valence-corrected chi connectivity index (χ2v) is 6.73. The van der Waals surface area contributed by atoms with Crippen LogP contribution in [0.1, 0.15) is 20.9 Å². The summed E-state index contributed by atoms with van der Waals surface area (Å²) in [6, 6.07) is 11.5. The Bertz CT molecular complexity index is 1020. The van der Waals surface area contributed by atoms with Gasteiger partial charge in [0.25, 0.3) is 11.8 Å². The Balaban J connectivity index is 1.31. The van der Waals surface area contributed by atoms with Crippen LogP contribution < -0.4 is 10.6 Å². The lowest BCUT2D eigenvalue weighted by atomic mass is 10.2. The molecule has 1 aliphatic heterocycles. The number of hydrogen-bond acceptors (Lipinski definition) is 5. The van der Waals surface area contributed by atoms with Crippen LogP contribution in [0.5, 0.6) is 0 Å². The summed E-state index contributed by atoms with van der Waals surface area (Å²) in [6.45, 7) is 1.67. The van der Waals surface area contributed by atoms with Gasteiger partial charge in [-0.3, -0.25) is 9.59 Å². The van der Waals surface area contributed by atoms with E-state index in [0.717, 1.165) is 0 Å². The van der Waals surface area contributed by atoms with Crippen molar-refractivity contribution in [3.8, 4) is 0 Å². The van der Waals surface area contributed by atoms with Crippen molar-refractivity contribution < 1.29 is 23.2 Å². The quantitative estimate of drug-likeness (QED) is 0.690. The largest absolute Gasteiger partial charge is 0.472 e. The fraction of sp³-hybridized carbons (Fsp3) is 0.190. The smallest absolute Gasteiger partial charge is 0.321 e. The van der Waals surface area contributed by atoms with E-state index >= 15 is 0 Å². The molecule has 30 heavy (non-hydrogen) atoms. The van der Waals surface area contributed by atoms with Crippen LogP contribution in [0.3, 0.4) is 0 Å². The number of urea groups is 1. The van der Waals surface area contributed by atoms with Crippen LogP contribution in [0.2, 0.25) is 0 Å². The summed E-state index contributed by atoms with van der Waals surface area (Å²) < 4.78 is 10.1. The van der Waals surface area contributed by atoms with Crippen LogP contribution in [-0.4, -0.2) is 53.8 Å². The van der Waals surface area contributed by atoms with Crippen LogP contribution in [-0.2, 0) is 0 Å². The molecule has 2 aromatic heterocycles. The van der Waals surface area contributed by atoms with E-state index in [4.69, 9.17) is 8.83 Å². The first-order chi connectivity index (χ1) is 14.6. The Morgan fingerprint density at radius 1 is 0.833 bits per heavy atom. The van der Waals surface area contributed by atoms with Gasteiger partial charge in [-0.25, -0.2) is 4.79 Å². The Morgan fingerprint density at radius 2 is 1.57 bits per heavy atom. The number of rotatable bonds is 4. The number of hydrogen-bond donors (Lipinski definition) is 2. The Hall–Kier alpha value is -4.01. The van der Waals surface area contributed by atoms with Crippen molar-refractivity contribution in [2.45, 2.75) is 0 Å². The first-order valence-electron chi connectivity index (χ1n) is 9.42. The molecule has 0 spiro atoms. The molecule has 1 fully saturated rings. The Labute approximate surface area is 172 Å². The first kappa shape index (κ1) is 19.3. The lowest BCUT2D eigenvalue weighted by Gasteiger charge is -2.34. The molecule has 4 rings (SSSR count). The van der Waals surface area contributed by atoms with E-state index in [1.54, 1.807) is 52.3 Å². The summed E-state index contributed by atoms with van der Waals surface area (Å²) >= 11 is 0. The highest BCUT2D eigenvalue weighted by atomic mass is 16.3. The molecule has 9 nitrogen and oxygen atoms in total. The Kier molecular flexibility index (Phi) is 5.51. The fourth-order valence-electron chi connectivity index (χ4n) is 3.14. The first-order valence-corrected chi connectivity index (χ1v) is 9.42. The average Bonchev–Trinajstić information content (AvgIpc) is 3.48. The number of carbonyl (C=O) groups excluding carboxylic acids is 3.